The van der Waals surface area contributed by atoms with Crippen molar-refractivity contribution in [2.75, 3.05) is 26.7 Å². The Labute approximate surface area is 128 Å². The molecule has 2 unspecified atom stereocenters. The molecule has 0 aromatic heterocycles. The maximum absolute atomic E-state index is 3.53. The zero-order valence-electron chi connectivity index (χ0n) is 13.2. The standard InChI is InChI=1S/C19H26N2/c1-3-15-11-12-21(13-15)14-19(20-2)18-10-6-8-16-7-4-5-9-17(16)18/h4-10,15,19-20H,3,11-14H2,1-2H3. The van der Waals surface area contributed by atoms with Crippen molar-refractivity contribution < 1.29 is 0 Å². The molecule has 21 heavy (non-hydrogen) atoms. The molecule has 112 valence electrons. The van der Waals surface area contributed by atoms with Crippen LogP contribution >= 0.6 is 0 Å². The van der Waals surface area contributed by atoms with Gasteiger partial charge in [-0.2, -0.15) is 0 Å². The lowest BCUT2D eigenvalue weighted by Crippen LogP contribution is -2.32. The highest BCUT2D eigenvalue weighted by Gasteiger charge is 2.24. The quantitative estimate of drug-likeness (QED) is 0.896. The Balaban J connectivity index is 1.82. The third-order valence-corrected chi connectivity index (χ3v) is 4.94. The molecule has 3 rings (SSSR count). The smallest absolute Gasteiger partial charge is 0.0453 e. The molecule has 0 saturated carbocycles. The molecule has 2 aromatic carbocycles. The van der Waals surface area contributed by atoms with Crippen molar-refractivity contribution in [1.82, 2.24) is 10.2 Å². The van der Waals surface area contributed by atoms with Crippen LogP contribution in [0.5, 0.6) is 0 Å². The molecule has 1 N–H and O–H groups in total. The Morgan fingerprint density at radius 1 is 1.19 bits per heavy atom. The number of likely N-dealkylation sites (tertiary alicyclic amines) is 1. The van der Waals surface area contributed by atoms with Crippen LogP contribution in [0.4, 0.5) is 0 Å². The third kappa shape index (κ3) is 3.12. The SMILES string of the molecule is CCC1CCN(CC(NC)c2cccc3ccccc23)C1. The number of hydrogen-bond acceptors (Lipinski definition) is 2. The van der Waals surface area contributed by atoms with E-state index in [0.717, 1.165) is 12.5 Å². The van der Waals surface area contributed by atoms with Crippen LogP contribution in [-0.2, 0) is 0 Å². The minimum absolute atomic E-state index is 0.409. The van der Waals surface area contributed by atoms with E-state index in [1.807, 2.05) is 0 Å². The van der Waals surface area contributed by atoms with Gasteiger partial charge in [-0.3, -0.25) is 0 Å². The molecule has 1 fully saturated rings. The van der Waals surface area contributed by atoms with Crippen molar-refractivity contribution >= 4 is 10.8 Å². The Bertz CT molecular complexity index is 588. The summed E-state index contributed by atoms with van der Waals surface area (Å²) in [5.41, 5.74) is 1.43. The predicted octanol–water partition coefficient (Wildman–Crippen LogP) is 3.83. The Morgan fingerprint density at radius 2 is 2.00 bits per heavy atom. The van der Waals surface area contributed by atoms with Crippen LogP contribution in [0.2, 0.25) is 0 Å². The largest absolute Gasteiger partial charge is 0.312 e. The number of benzene rings is 2. The summed E-state index contributed by atoms with van der Waals surface area (Å²) in [6.07, 6.45) is 2.68. The Hall–Kier alpha value is -1.38. The fourth-order valence-electron chi connectivity index (χ4n) is 3.57. The van der Waals surface area contributed by atoms with E-state index in [9.17, 15) is 0 Å². The minimum atomic E-state index is 0.409. The van der Waals surface area contributed by atoms with Crippen molar-refractivity contribution in [3.05, 3.63) is 48.0 Å². The van der Waals surface area contributed by atoms with Crippen LogP contribution in [0.25, 0.3) is 10.8 Å². The van der Waals surface area contributed by atoms with Crippen LogP contribution in [0.15, 0.2) is 42.5 Å². The van der Waals surface area contributed by atoms with Gasteiger partial charge >= 0.3 is 0 Å². The zero-order valence-corrected chi connectivity index (χ0v) is 13.2. The lowest BCUT2D eigenvalue weighted by molar-refractivity contribution is 0.288. The Kier molecular flexibility index (Phi) is 4.57. The van der Waals surface area contributed by atoms with Crippen molar-refractivity contribution in [1.29, 1.82) is 0 Å². The van der Waals surface area contributed by atoms with Crippen LogP contribution in [0.1, 0.15) is 31.4 Å². The fraction of sp³-hybridized carbons (Fsp3) is 0.474. The molecule has 0 radical (unpaired) electrons. The molecular weight excluding hydrogens is 256 g/mol. The molecule has 1 aliphatic rings. The summed E-state index contributed by atoms with van der Waals surface area (Å²) in [5.74, 6) is 0.898. The number of hydrogen-bond donors (Lipinski definition) is 1. The van der Waals surface area contributed by atoms with Crippen molar-refractivity contribution in [2.45, 2.75) is 25.8 Å². The second-order valence-electron chi connectivity index (χ2n) is 6.23. The highest BCUT2D eigenvalue weighted by molar-refractivity contribution is 5.86. The van der Waals surface area contributed by atoms with Crippen LogP contribution in [-0.4, -0.2) is 31.6 Å². The normalized spacial score (nSPS) is 21.0. The molecule has 1 aliphatic heterocycles. The molecule has 0 aliphatic carbocycles. The summed E-state index contributed by atoms with van der Waals surface area (Å²) in [7, 11) is 2.08. The first kappa shape index (κ1) is 14.6. The van der Waals surface area contributed by atoms with Gasteiger partial charge in [0.25, 0.3) is 0 Å². The van der Waals surface area contributed by atoms with E-state index in [1.54, 1.807) is 0 Å². The zero-order chi connectivity index (χ0) is 14.7. The number of nitrogens with zero attached hydrogens (tertiary/aromatic N) is 1. The monoisotopic (exact) mass is 282 g/mol. The van der Waals surface area contributed by atoms with Gasteiger partial charge in [0.1, 0.15) is 0 Å². The fourth-order valence-corrected chi connectivity index (χ4v) is 3.57. The van der Waals surface area contributed by atoms with Gasteiger partial charge in [-0.1, -0.05) is 55.8 Å². The van der Waals surface area contributed by atoms with Gasteiger partial charge in [-0.15, -0.1) is 0 Å². The van der Waals surface area contributed by atoms with E-state index in [2.05, 4.69) is 66.7 Å². The van der Waals surface area contributed by atoms with E-state index < -0.39 is 0 Å². The summed E-state index contributed by atoms with van der Waals surface area (Å²) in [6, 6.07) is 15.8. The molecule has 2 nitrogen and oxygen atoms in total. The third-order valence-electron chi connectivity index (χ3n) is 4.94. The maximum Gasteiger partial charge on any atom is 0.0453 e. The Morgan fingerprint density at radius 3 is 2.76 bits per heavy atom. The maximum atomic E-state index is 3.53. The van der Waals surface area contributed by atoms with E-state index in [1.165, 1.54) is 42.3 Å². The summed E-state index contributed by atoms with van der Waals surface area (Å²) < 4.78 is 0. The van der Waals surface area contributed by atoms with Crippen molar-refractivity contribution in [3.8, 4) is 0 Å². The molecule has 0 bridgehead atoms. The van der Waals surface area contributed by atoms with Gasteiger partial charge in [-0.25, -0.2) is 0 Å². The van der Waals surface area contributed by atoms with Gasteiger partial charge in [0.15, 0.2) is 0 Å². The van der Waals surface area contributed by atoms with Crippen LogP contribution < -0.4 is 5.32 Å². The highest BCUT2D eigenvalue weighted by atomic mass is 15.2. The molecule has 2 aromatic rings. The molecule has 2 heteroatoms. The van der Waals surface area contributed by atoms with Crippen LogP contribution in [0.3, 0.4) is 0 Å². The van der Waals surface area contributed by atoms with Gasteiger partial charge in [0.2, 0.25) is 0 Å². The molecular formula is C19H26N2. The number of rotatable bonds is 5. The average molecular weight is 282 g/mol. The molecule has 1 saturated heterocycles. The first-order valence-corrected chi connectivity index (χ1v) is 8.19. The molecule has 1 heterocycles. The molecule has 0 spiro atoms. The van der Waals surface area contributed by atoms with Gasteiger partial charge in [-0.05, 0) is 42.3 Å². The average Bonchev–Trinajstić information content (AvgIpc) is 3.00. The summed E-state index contributed by atoms with van der Waals surface area (Å²) in [6.45, 7) is 5.94. The van der Waals surface area contributed by atoms with Crippen LogP contribution in [0, 0.1) is 5.92 Å². The number of likely N-dealkylation sites (N-methyl/N-ethyl adjacent to an activating group) is 1. The number of fused-ring (bicyclic) bond motifs is 1. The summed E-state index contributed by atoms with van der Waals surface area (Å²) in [5, 5.41) is 6.24. The lowest BCUT2D eigenvalue weighted by Gasteiger charge is -2.25. The van der Waals surface area contributed by atoms with Gasteiger partial charge in [0.05, 0.1) is 0 Å². The number of nitrogens with one attached hydrogen (secondary N) is 1. The van der Waals surface area contributed by atoms with E-state index in [0.29, 0.717) is 6.04 Å². The second-order valence-corrected chi connectivity index (χ2v) is 6.23. The van der Waals surface area contributed by atoms with Crippen molar-refractivity contribution in [3.63, 3.8) is 0 Å². The first-order chi connectivity index (χ1) is 10.3. The predicted molar refractivity (Wildman–Crippen MR) is 90.6 cm³/mol. The minimum Gasteiger partial charge on any atom is -0.312 e. The first-order valence-electron chi connectivity index (χ1n) is 8.19. The summed E-state index contributed by atoms with van der Waals surface area (Å²) >= 11 is 0. The van der Waals surface area contributed by atoms with Gasteiger partial charge < -0.3 is 10.2 Å². The topological polar surface area (TPSA) is 15.3 Å². The lowest BCUT2D eigenvalue weighted by atomic mass is 9.98. The summed E-state index contributed by atoms with van der Waals surface area (Å²) in [4.78, 5) is 2.62. The van der Waals surface area contributed by atoms with Gasteiger partial charge in [0, 0.05) is 19.1 Å². The van der Waals surface area contributed by atoms with E-state index in [-0.39, 0.29) is 0 Å². The second kappa shape index (κ2) is 6.59. The van der Waals surface area contributed by atoms with Crippen molar-refractivity contribution in [2.24, 2.45) is 5.92 Å². The van der Waals surface area contributed by atoms with E-state index in [4.69, 9.17) is 0 Å². The molecule has 0 amide bonds. The van der Waals surface area contributed by atoms with E-state index >= 15 is 0 Å². The molecule has 2 atom stereocenters. The highest BCUT2D eigenvalue weighted by Crippen LogP contribution is 2.27.